The number of halogens is 1. The van der Waals surface area contributed by atoms with Gasteiger partial charge in [0.1, 0.15) is 0 Å². The van der Waals surface area contributed by atoms with Gasteiger partial charge in [0, 0.05) is 30.8 Å². The lowest BCUT2D eigenvalue weighted by atomic mass is 10.0. The first kappa shape index (κ1) is 35.0. The zero-order valence-corrected chi connectivity index (χ0v) is 27.7. The summed E-state index contributed by atoms with van der Waals surface area (Å²) in [5, 5.41) is 6.38. The number of carbonyl (C=O) groups is 1. The highest BCUT2D eigenvalue weighted by Gasteiger charge is 2.14. The van der Waals surface area contributed by atoms with E-state index in [0.29, 0.717) is 41.9 Å². The Morgan fingerprint density at radius 1 is 0.826 bits per heavy atom. The van der Waals surface area contributed by atoms with Crippen LogP contribution >= 0.6 is 11.6 Å². The van der Waals surface area contributed by atoms with Crippen LogP contribution in [-0.4, -0.2) is 50.6 Å². The Labute approximate surface area is 277 Å². The molecule has 0 radical (unpaired) electrons. The molecule has 4 aromatic rings. The summed E-state index contributed by atoms with van der Waals surface area (Å²) >= 11 is 6.47. The molecule has 0 bridgehead atoms. The van der Waals surface area contributed by atoms with Crippen molar-refractivity contribution in [3.05, 3.63) is 90.1 Å². The summed E-state index contributed by atoms with van der Waals surface area (Å²) in [6, 6.07) is 24.3. The number of amides is 1. The predicted octanol–water partition coefficient (Wildman–Crippen LogP) is 7.37. The van der Waals surface area contributed by atoms with Crippen molar-refractivity contribution in [3.8, 4) is 22.4 Å². The molecule has 0 fully saturated rings. The van der Waals surface area contributed by atoms with Gasteiger partial charge in [-0.05, 0) is 47.9 Å². The molecule has 3 aromatic carbocycles. The molecule has 1 aromatic heterocycles. The molecule has 9 nitrogen and oxygen atoms in total. The van der Waals surface area contributed by atoms with E-state index in [0.717, 1.165) is 29.5 Å². The van der Waals surface area contributed by atoms with E-state index in [-0.39, 0.29) is 24.0 Å². The van der Waals surface area contributed by atoms with Crippen LogP contribution in [0.2, 0.25) is 5.02 Å². The number of nitrogens with zero attached hydrogens (tertiary/aromatic N) is 2. The van der Waals surface area contributed by atoms with E-state index in [1.807, 2.05) is 54.6 Å². The quantitative estimate of drug-likeness (QED) is 0.0896. The molecule has 1 amide bonds. The fourth-order valence-corrected chi connectivity index (χ4v) is 6.02. The summed E-state index contributed by atoms with van der Waals surface area (Å²) in [7, 11) is -3.73. The molecular formula is C35H42ClN5O4S. The van der Waals surface area contributed by atoms with Crippen LogP contribution in [-0.2, 0) is 19.6 Å². The maximum atomic E-state index is 12.7. The molecule has 0 aliphatic rings. The third kappa shape index (κ3) is 11.2. The first-order valence-electron chi connectivity index (χ1n) is 15.8. The molecule has 244 valence electrons. The number of unbranched alkanes of at least 4 members (excludes halogenated alkanes) is 5. The largest absolute Gasteiger partial charge is 0.378 e. The number of nitrogens with one attached hydrogen (secondary N) is 3. The van der Waals surface area contributed by atoms with Gasteiger partial charge in [0.15, 0.2) is 0 Å². The van der Waals surface area contributed by atoms with Crippen LogP contribution in [0.3, 0.4) is 0 Å². The predicted molar refractivity (Wildman–Crippen MR) is 185 cm³/mol. The van der Waals surface area contributed by atoms with Crippen molar-refractivity contribution in [2.24, 2.45) is 0 Å². The lowest BCUT2D eigenvalue weighted by molar-refractivity contribution is -0.121. The molecule has 0 spiro atoms. The molecule has 11 heteroatoms. The van der Waals surface area contributed by atoms with E-state index in [1.165, 1.54) is 44.0 Å². The normalized spacial score (nSPS) is 11.3. The summed E-state index contributed by atoms with van der Waals surface area (Å²) in [6.45, 7) is 3.20. The highest BCUT2D eigenvalue weighted by molar-refractivity contribution is 7.89. The van der Waals surface area contributed by atoms with Crippen molar-refractivity contribution >= 4 is 39.2 Å². The zero-order valence-electron chi connectivity index (χ0n) is 26.2. The van der Waals surface area contributed by atoms with Crippen LogP contribution in [0.25, 0.3) is 22.4 Å². The van der Waals surface area contributed by atoms with Gasteiger partial charge in [0.05, 0.1) is 35.0 Å². The molecule has 0 atom stereocenters. The topological polar surface area (TPSA) is 122 Å². The van der Waals surface area contributed by atoms with Crippen LogP contribution in [0.15, 0.2) is 90.0 Å². The second-order valence-corrected chi connectivity index (χ2v) is 13.0. The van der Waals surface area contributed by atoms with Crippen molar-refractivity contribution < 1.29 is 17.9 Å². The third-order valence-corrected chi connectivity index (χ3v) is 9.03. The zero-order chi connectivity index (χ0) is 32.6. The molecule has 0 saturated carbocycles. The van der Waals surface area contributed by atoms with Crippen LogP contribution < -0.4 is 15.4 Å². The lowest BCUT2D eigenvalue weighted by Gasteiger charge is -2.11. The minimum absolute atomic E-state index is 0.0226. The Bertz CT molecular complexity index is 1640. The number of sulfonamides is 1. The van der Waals surface area contributed by atoms with Gasteiger partial charge >= 0.3 is 0 Å². The minimum Gasteiger partial charge on any atom is -0.378 e. The van der Waals surface area contributed by atoms with Gasteiger partial charge in [-0.2, -0.15) is 0 Å². The smallest absolute Gasteiger partial charge is 0.240 e. The van der Waals surface area contributed by atoms with E-state index in [9.17, 15) is 13.2 Å². The van der Waals surface area contributed by atoms with Crippen molar-refractivity contribution in [2.45, 2.75) is 56.8 Å². The van der Waals surface area contributed by atoms with E-state index < -0.39 is 10.0 Å². The molecule has 0 aliphatic carbocycles. The van der Waals surface area contributed by atoms with Crippen molar-refractivity contribution in [1.82, 2.24) is 20.0 Å². The first-order chi connectivity index (χ1) is 22.4. The molecule has 4 rings (SSSR count). The number of carbonyl (C=O) groups excluding carboxylic acids is 1. The molecule has 0 aliphatic heterocycles. The Morgan fingerprint density at radius 2 is 1.52 bits per heavy atom. The van der Waals surface area contributed by atoms with Gasteiger partial charge in [-0.25, -0.2) is 23.1 Å². The highest BCUT2D eigenvalue weighted by Crippen LogP contribution is 2.30. The number of anilines is 2. The fourth-order valence-electron chi connectivity index (χ4n) is 4.80. The number of aromatic nitrogens is 2. The molecule has 46 heavy (non-hydrogen) atoms. The fraction of sp³-hybridized carbons (Fsp3) is 0.343. The van der Waals surface area contributed by atoms with Gasteiger partial charge in [-0.1, -0.05) is 99.2 Å². The van der Waals surface area contributed by atoms with Crippen LogP contribution in [0.5, 0.6) is 0 Å². The summed E-state index contributed by atoms with van der Waals surface area (Å²) in [6.07, 6.45) is 8.90. The van der Waals surface area contributed by atoms with Crippen molar-refractivity contribution in [2.75, 3.05) is 31.6 Å². The summed E-state index contributed by atoms with van der Waals surface area (Å²) in [4.78, 5) is 20.9. The summed E-state index contributed by atoms with van der Waals surface area (Å²) in [5.74, 6) is 0.350. The first-order valence-corrected chi connectivity index (χ1v) is 17.6. The monoisotopic (exact) mass is 663 g/mol. The Hall–Kier alpha value is -3.83. The lowest BCUT2D eigenvalue weighted by Crippen LogP contribution is -2.30. The van der Waals surface area contributed by atoms with Crippen LogP contribution in [0.4, 0.5) is 11.6 Å². The average molecular weight is 664 g/mol. The second-order valence-electron chi connectivity index (χ2n) is 10.9. The van der Waals surface area contributed by atoms with E-state index in [1.54, 1.807) is 12.1 Å². The van der Waals surface area contributed by atoms with Gasteiger partial charge in [-0.15, -0.1) is 0 Å². The molecule has 0 unspecified atom stereocenters. The van der Waals surface area contributed by atoms with Gasteiger partial charge in [0.25, 0.3) is 0 Å². The van der Waals surface area contributed by atoms with Crippen LogP contribution in [0.1, 0.15) is 51.9 Å². The van der Waals surface area contributed by atoms with Gasteiger partial charge in [0.2, 0.25) is 21.9 Å². The number of hydrogen-bond donors (Lipinski definition) is 3. The molecular weight excluding hydrogens is 622 g/mol. The molecule has 3 N–H and O–H groups in total. The van der Waals surface area contributed by atoms with Crippen molar-refractivity contribution in [3.63, 3.8) is 0 Å². The van der Waals surface area contributed by atoms with Gasteiger partial charge < -0.3 is 15.4 Å². The Morgan fingerprint density at radius 3 is 2.30 bits per heavy atom. The maximum Gasteiger partial charge on any atom is 0.240 e. The van der Waals surface area contributed by atoms with E-state index in [2.05, 4.69) is 32.2 Å². The molecule has 1 heterocycles. The maximum absolute atomic E-state index is 12.7. The SMILES string of the molecule is CCCCCCCCC(=O)NCCOCCNS(=O)(=O)c1ccc(Nc2ncc(Cl)c(-c3cccc(-c4ccccc4)c3)n2)cc1. The van der Waals surface area contributed by atoms with Gasteiger partial charge in [-0.3, -0.25) is 4.79 Å². The Kier molecular flexibility index (Phi) is 14.0. The standard InChI is InChI=1S/C35H42ClN5O4S/c1-2-3-4-5-6-10-16-33(42)37-21-23-45-24-22-39-46(43,44)31-19-17-30(18-20-31)40-35-38-26-32(36)34(41-35)29-15-11-14-28(25-29)27-12-8-7-9-13-27/h7-9,11-15,17-20,25-26,39H,2-6,10,16,21-24H2,1H3,(H,37,42)(H,38,40,41). The van der Waals surface area contributed by atoms with Crippen molar-refractivity contribution in [1.29, 1.82) is 0 Å². The number of rotatable bonds is 19. The molecule has 0 saturated heterocycles. The van der Waals surface area contributed by atoms with E-state index >= 15 is 0 Å². The number of hydrogen-bond acceptors (Lipinski definition) is 7. The number of ether oxygens (including phenoxy) is 1. The average Bonchev–Trinajstić information content (AvgIpc) is 3.07. The third-order valence-electron chi connectivity index (χ3n) is 7.27. The summed E-state index contributed by atoms with van der Waals surface area (Å²) in [5.41, 5.74) is 4.18. The number of benzene rings is 3. The Balaban J connectivity index is 1.21. The summed E-state index contributed by atoms with van der Waals surface area (Å²) < 4.78 is 33.5. The highest BCUT2D eigenvalue weighted by atomic mass is 35.5. The second kappa shape index (κ2) is 18.3. The van der Waals surface area contributed by atoms with E-state index in [4.69, 9.17) is 16.3 Å². The van der Waals surface area contributed by atoms with Crippen LogP contribution in [0, 0.1) is 0 Å². The minimum atomic E-state index is -3.73.